The van der Waals surface area contributed by atoms with Crippen molar-refractivity contribution in [1.29, 1.82) is 5.26 Å². The van der Waals surface area contributed by atoms with Crippen molar-refractivity contribution in [2.75, 3.05) is 12.3 Å². The fourth-order valence-corrected chi connectivity index (χ4v) is 7.06. The van der Waals surface area contributed by atoms with Crippen LogP contribution in [0.2, 0.25) is 0 Å². The third kappa shape index (κ3) is 11.2. The second kappa shape index (κ2) is 16.4. The predicted octanol–water partition coefficient (Wildman–Crippen LogP) is 3.54. The van der Waals surface area contributed by atoms with E-state index >= 15 is 0 Å². The molecule has 3 N–H and O–H groups in total. The highest BCUT2D eigenvalue weighted by Crippen LogP contribution is 2.39. The van der Waals surface area contributed by atoms with E-state index in [9.17, 15) is 19.2 Å². The average Bonchev–Trinajstić information content (AvgIpc) is 3.39. The molecule has 1 aliphatic heterocycles. The van der Waals surface area contributed by atoms with Crippen molar-refractivity contribution in [2.24, 2.45) is 5.92 Å². The first-order chi connectivity index (χ1) is 17.7. The molecule has 37 heavy (non-hydrogen) atoms. The highest BCUT2D eigenvalue weighted by Gasteiger charge is 2.30. The number of amides is 3. The van der Waals surface area contributed by atoms with E-state index in [1.807, 2.05) is 41.5 Å². The van der Waals surface area contributed by atoms with E-state index in [1.165, 1.54) is 12.2 Å². The summed E-state index contributed by atoms with van der Waals surface area (Å²) in [6.07, 6.45) is 4.90. The number of nitriles is 1. The number of hydrogen-bond donors (Lipinski definition) is 3. The molecular formula is C27H38N4O4S2. The minimum absolute atomic E-state index is 0.0905. The monoisotopic (exact) mass is 546 g/mol. The summed E-state index contributed by atoms with van der Waals surface area (Å²) in [5.41, 5.74) is 1.17. The minimum Gasteiger partial charge on any atom is -0.350 e. The van der Waals surface area contributed by atoms with E-state index < -0.39 is 29.7 Å². The lowest BCUT2D eigenvalue weighted by atomic mass is 9.98. The third-order valence-electron chi connectivity index (χ3n) is 5.98. The van der Waals surface area contributed by atoms with Gasteiger partial charge in [-0.2, -0.15) is 5.26 Å². The minimum atomic E-state index is -1.10. The van der Waals surface area contributed by atoms with Gasteiger partial charge < -0.3 is 16.0 Å². The van der Waals surface area contributed by atoms with Crippen molar-refractivity contribution in [3.05, 3.63) is 35.4 Å². The molecule has 0 aromatic heterocycles. The molecule has 3 atom stereocenters. The van der Waals surface area contributed by atoms with Crippen molar-refractivity contribution in [2.45, 2.75) is 83.1 Å². The van der Waals surface area contributed by atoms with Crippen LogP contribution in [0.1, 0.15) is 70.4 Å². The Bertz CT molecular complexity index is 956. The first kappa shape index (κ1) is 30.7. The molecule has 202 valence electrons. The van der Waals surface area contributed by atoms with Crippen LogP contribution in [0, 0.1) is 17.2 Å². The number of carbonyl (C=O) groups is 4. The Morgan fingerprint density at radius 2 is 1.81 bits per heavy atom. The van der Waals surface area contributed by atoms with Gasteiger partial charge >= 0.3 is 0 Å². The zero-order valence-electron chi connectivity index (χ0n) is 21.9. The molecule has 1 heterocycles. The van der Waals surface area contributed by atoms with Crippen molar-refractivity contribution >= 4 is 45.1 Å². The molecule has 2 rings (SSSR count). The van der Waals surface area contributed by atoms with E-state index in [4.69, 9.17) is 5.26 Å². The smallest absolute Gasteiger partial charge is 0.289 e. The van der Waals surface area contributed by atoms with Crippen LogP contribution < -0.4 is 16.0 Å². The van der Waals surface area contributed by atoms with Gasteiger partial charge in [0.2, 0.25) is 17.6 Å². The third-order valence-corrected chi connectivity index (χ3v) is 8.99. The fourth-order valence-electron chi connectivity index (χ4n) is 4.03. The highest BCUT2D eigenvalue weighted by molar-refractivity contribution is 8.77. The van der Waals surface area contributed by atoms with E-state index in [0.717, 1.165) is 19.3 Å². The molecule has 10 heteroatoms. The van der Waals surface area contributed by atoms with Gasteiger partial charge in [-0.25, -0.2) is 0 Å². The molecule has 0 bridgehead atoms. The Morgan fingerprint density at radius 1 is 1.08 bits per heavy atom. The maximum atomic E-state index is 13.2. The standard InChI is InChI=1S/C27H38N4O4S2/c1-4-29-27(35)25(33)22(16-19-9-11-20(17-28)12-10-19)31-26(34)23(15-18(2)3)30-24(32)8-6-5-7-21-13-14-36-37-21/h9-12,18,21-23H,4-8,13-16H2,1-3H3,(H,29,35)(H,30,32)(H,31,34)/t21?,22?,23-/m0/s1. The number of unbranched alkanes of at least 4 members (excludes halogenated alkanes) is 1. The summed E-state index contributed by atoms with van der Waals surface area (Å²) in [5.74, 6) is -0.882. The van der Waals surface area contributed by atoms with Gasteiger partial charge in [0.05, 0.1) is 11.6 Å². The van der Waals surface area contributed by atoms with Crippen molar-refractivity contribution in [3.63, 3.8) is 0 Å². The lowest BCUT2D eigenvalue weighted by molar-refractivity contribution is -0.140. The molecule has 0 spiro atoms. The van der Waals surface area contributed by atoms with Crippen LogP contribution in [0.5, 0.6) is 0 Å². The first-order valence-corrected chi connectivity index (χ1v) is 15.3. The molecule has 0 aliphatic carbocycles. The van der Waals surface area contributed by atoms with Gasteiger partial charge in [0, 0.05) is 30.4 Å². The topological polar surface area (TPSA) is 128 Å². The molecule has 2 unspecified atom stereocenters. The maximum Gasteiger partial charge on any atom is 0.289 e. The zero-order chi connectivity index (χ0) is 27.2. The van der Waals surface area contributed by atoms with Crippen LogP contribution in [0.3, 0.4) is 0 Å². The second-order valence-corrected chi connectivity index (χ2v) is 12.4. The molecule has 1 aliphatic rings. The zero-order valence-corrected chi connectivity index (χ0v) is 23.5. The van der Waals surface area contributed by atoms with Gasteiger partial charge in [0.1, 0.15) is 12.1 Å². The Labute approximate surface area is 227 Å². The maximum absolute atomic E-state index is 13.2. The van der Waals surface area contributed by atoms with E-state index in [0.29, 0.717) is 29.2 Å². The van der Waals surface area contributed by atoms with Gasteiger partial charge in [0.15, 0.2) is 0 Å². The Kier molecular flexibility index (Phi) is 13.6. The summed E-state index contributed by atoms with van der Waals surface area (Å²) in [6, 6.07) is 6.77. The number of nitrogens with one attached hydrogen (secondary N) is 3. The molecule has 3 amide bonds. The van der Waals surface area contributed by atoms with E-state index in [2.05, 4.69) is 16.0 Å². The van der Waals surface area contributed by atoms with Gasteiger partial charge in [-0.3, -0.25) is 19.2 Å². The van der Waals surface area contributed by atoms with E-state index in [1.54, 1.807) is 31.2 Å². The normalized spacial score (nSPS) is 16.5. The predicted molar refractivity (Wildman–Crippen MR) is 149 cm³/mol. The highest BCUT2D eigenvalue weighted by atomic mass is 33.1. The van der Waals surface area contributed by atoms with Crippen molar-refractivity contribution in [1.82, 2.24) is 16.0 Å². The summed E-state index contributed by atoms with van der Waals surface area (Å²) < 4.78 is 0. The van der Waals surface area contributed by atoms with Gasteiger partial charge in [-0.05, 0) is 56.2 Å². The number of nitrogens with zero attached hydrogens (tertiary/aromatic N) is 1. The molecule has 8 nitrogen and oxygen atoms in total. The summed E-state index contributed by atoms with van der Waals surface area (Å²) in [4.78, 5) is 51.1. The average molecular weight is 547 g/mol. The van der Waals surface area contributed by atoms with Gasteiger partial charge in [-0.15, -0.1) is 0 Å². The van der Waals surface area contributed by atoms with E-state index in [-0.39, 0.29) is 24.8 Å². The fraction of sp³-hybridized carbons (Fsp3) is 0.593. The number of benzene rings is 1. The van der Waals surface area contributed by atoms with Crippen LogP contribution >= 0.6 is 21.6 Å². The number of likely N-dealkylation sites (N-methyl/N-ethyl adjacent to an activating group) is 1. The Hall–Kier alpha value is -2.51. The van der Waals surface area contributed by atoms with Crippen molar-refractivity contribution in [3.8, 4) is 6.07 Å². The van der Waals surface area contributed by atoms with Crippen LogP contribution in [-0.4, -0.2) is 53.1 Å². The number of carbonyl (C=O) groups excluding carboxylic acids is 4. The van der Waals surface area contributed by atoms with Crippen molar-refractivity contribution < 1.29 is 19.2 Å². The van der Waals surface area contributed by atoms with Crippen LogP contribution in [0.25, 0.3) is 0 Å². The molecule has 0 saturated carbocycles. The lowest BCUT2D eigenvalue weighted by Crippen LogP contribution is -2.54. The van der Waals surface area contributed by atoms with Crippen LogP contribution in [0.4, 0.5) is 0 Å². The summed E-state index contributed by atoms with van der Waals surface area (Å²) in [6.45, 7) is 5.90. The molecule has 0 radical (unpaired) electrons. The molecule has 1 fully saturated rings. The lowest BCUT2D eigenvalue weighted by Gasteiger charge is -2.24. The number of ketones is 1. The summed E-state index contributed by atoms with van der Waals surface area (Å²) >= 11 is 0. The number of Topliss-reactive ketones (excluding diaryl/α,β-unsaturated/α-hetero) is 1. The largest absolute Gasteiger partial charge is 0.350 e. The molecular weight excluding hydrogens is 508 g/mol. The number of rotatable bonds is 15. The van der Waals surface area contributed by atoms with Crippen LogP contribution in [-0.2, 0) is 25.6 Å². The quantitative estimate of drug-likeness (QED) is 0.174. The van der Waals surface area contributed by atoms with Gasteiger partial charge in [0.25, 0.3) is 5.91 Å². The summed E-state index contributed by atoms with van der Waals surface area (Å²) in [7, 11) is 3.84. The molecule has 1 aromatic carbocycles. The Morgan fingerprint density at radius 3 is 2.41 bits per heavy atom. The van der Waals surface area contributed by atoms with Gasteiger partial charge in [-0.1, -0.05) is 54.0 Å². The SMILES string of the molecule is CCNC(=O)C(=O)C(Cc1ccc(C#N)cc1)NC(=O)[C@H](CC(C)C)NC(=O)CCCCC1CCSS1. The van der Waals surface area contributed by atoms with Crippen LogP contribution in [0.15, 0.2) is 24.3 Å². The number of hydrogen-bond acceptors (Lipinski definition) is 7. The first-order valence-electron chi connectivity index (χ1n) is 12.9. The molecule has 1 saturated heterocycles. The second-order valence-electron chi connectivity index (χ2n) is 9.62. The molecule has 1 aromatic rings. The summed E-state index contributed by atoms with van der Waals surface area (Å²) in [5, 5.41) is 17.7. The Balaban J connectivity index is 2.03.